The van der Waals surface area contributed by atoms with Gasteiger partial charge in [-0.3, -0.25) is 0 Å². The lowest BCUT2D eigenvalue weighted by atomic mass is 9.83. The lowest BCUT2D eigenvalue weighted by Crippen LogP contribution is -2.38. The Morgan fingerprint density at radius 1 is 1.32 bits per heavy atom. The van der Waals surface area contributed by atoms with E-state index in [2.05, 4.69) is 10.0 Å². The lowest BCUT2D eigenvalue weighted by molar-refractivity contribution is 0.0188. The molecular formula is C14H19N3O2. The third-order valence-electron chi connectivity index (χ3n) is 3.58. The van der Waals surface area contributed by atoms with Gasteiger partial charge in [0.15, 0.2) is 0 Å². The van der Waals surface area contributed by atoms with E-state index < -0.39 is 6.10 Å². The van der Waals surface area contributed by atoms with Gasteiger partial charge in [0.25, 0.3) is 0 Å². The zero-order valence-electron chi connectivity index (χ0n) is 10.9. The molecule has 2 rings (SSSR count). The minimum absolute atomic E-state index is 0.114. The molecule has 0 amide bonds. The standard InChI is InChI=1S/C14H19N3O2/c15-17-16-14-12(7-4-8-13(14)18)10-19-9-11-5-2-1-3-6-11/h1-3,5-6,12-14,18H,4,7-10H2/t12-,13-,14-/m1/s1. The Balaban J connectivity index is 1.85. The summed E-state index contributed by atoms with van der Waals surface area (Å²) in [5.41, 5.74) is 9.69. The minimum atomic E-state index is -0.532. The molecule has 5 nitrogen and oxygen atoms in total. The summed E-state index contributed by atoms with van der Waals surface area (Å²) in [6, 6.07) is 9.60. The Kier molecular flexibility index (Phi) is 5.21. The van der Waals surface area contributed by atoms with Crippen LogP contribution in [0.25, 0.3) is 10.4 Å². The molecule has 0 radical (unpaired) electrons. The van der Waals surface area contributed by atoms with Crippen molar-refractivity contribution >= 4 is 0 Å². The highest BCUT2D eigenvalue weighted by molar-refractivity contribution is 5.13. The molecule has 0 bridgehead atoms. The average Bonchev–Trinajstić information content (AvgIpc) is 2.44. The molecule has 0 unspecified atom stereocenters. The van der Waals surface area contributed by atoms with Gasteiger partial charge in [-0.15, -0.1) is 0 Å². The van der Waals surface area contributed by atoms with Gasteiger partial charge in [0.1, 0.15) is 0 Å². The summed E-state index contributed by atoms with van der Waals surface area (Å²) in [4.78, 5) is 2.84. The quantitative estimate of drug-likeness (QED) is 0.502. The van der Waals surface area contributed by atoms with Crippen molar-refractivity contribution in [3.63, 3.8) is 0 Å². The van der Waals surface area contributed by atoms with E-state index in [1.807, 2.05) is 30.3 Å². The van der Waals surface area contributed by atoms with Crippen LogP contribution in [0.15, 0.2) is 35.4 Å². The Morgan fingerprint density at radius 2 is 2.11 bits per heavy atom. The molecule has 1 aromatic rings. The van der Waals surface area contributed by atoms with Gasteiger partial charge in [0.05, 0.1) is 25.4 Å². The number of rotatable bonds is 5. The van der Waals surface area contributed by atoms with Gasteiger partial charge in [0.2, 0.25) is 0 Å². The Bertz CT molecular complexity index is 432. The third-order valence-corrected chi connectivity index (χ3v) is 3.58. The molecule has 0 heterocycles. The summed E-state index contributed by atoms with van der Waals surface area (Å²) >= 11 is 0. The van der Waals surface area contributed by atoms with Gasteiger partial charge in [-0.1, -0.05) is 41.9 Å². The molecule has 1 fully saturated rings. The lowest BCUT2D eigenvalue weighted by Gasteiger charge is -2.32. The van der Waals surface area contributed by atoms with Crippen molar-refractivity contribution in [1.29, 1.82) is 0 Å². The maximum atomic E-state index is 9.87. The van der Waals surface area contributed by atoms with Crippen molar-refractivity contribution in [3.05, 3.63) is 46.3 Å². The van der Waals surface area contributed by atoms with Gasteiger partial charge in [-0.2, -0.15) is 0 Å². The summed E-state index contributed by atoms with van der Waals surface area (Å²) in [5, 5.41) is 13.6. The SMILES string of the molecule is [N-]=[N+]=N[C@@H]1[C@@H](COCc2ccccc2)CCC[C@H]1O. The van der Waals surface area contributed by atoms with Crippen molar-refractivity contribution in [2.45, 2.75) is 38.0 Å². The van der Waals surface area contributed by atoms with E-state index in [0.717, 1.165) is 18.4 Å². The van der Waals surface area contributed by atoms with Crippen LogP contribution in [0.2, 0.25) is 0 Å². The van der Waals surface area contributed by atoms with Gasteiger partial charge in [-0.25, -0.2) is 0 Å². The number of benzene rings is 1. The molecule has 0 saturated heterocycles. The largest absolute Gasteiger partial charge is 0.393 e. The molecule has 0 spiro atoms. The molecule has 0 aromatic heterocycles. The van der Waals surface area contributed by atoms with Crippen LogP contribution in [0.3, 0.4) is 0 Å². The van der Waals surface area contributed by atoms with Crippen LogP contribution in [-0.4, -0.2) is 23.9 Å². The summed E-state index contributed by atoms with van der Waals surface area (Å²) in [7, 11) is 0. The molecule has 102 valence electrons. The molecule has 1 aromatic carbocycles. The summed E-state index contributed by atoms with van der Waals surface area (Å²) < 4.78 is 5.69. The molecule has 1 aliphatic carbocycles. The number of aliphatic hydroxyl groups excluding tert-OH is 1. The van der Waals surface area contributed by atoms with Crippen molar-refractivity contribution in [3.8, 4) is 0 Å². The van der Waals surface area contributed by atoms with Gasteiger partial charge in [0, 0.05) is 4.91 Å². The number of hydrogen-bond acceptors (Lipinski definition) is 3. The van der Waals surface area contributed by atoms with Gasteiger partial charge in [-0.05, 0) is 29.9 Å². The van der Waals surface area contributed by atoms with E-state index in [1.165, 1.54) is 0 Å². The second-order valence-electron chi connectivity index (χ2n) is 4.95. The molecular weight excluding hydrogens is 242 g/mol. The fourth-order valence-corrected chi connectivity index (χ4v) is 2.56. The molecule has 1 N–H and O–H groups in total. The molecule has 3 atom stereocenters. The first-order valence-electron chi connectivity index (χ1n) is 6.65. The van der Waals surface area contributed by atoms with Crippen LogP contribution >= 0.6 is 0 Å². The van der Waals surface area contributed by atoms with Crippen molar-refractivity contribution in [2.75, 3.05) is 6.61 Å². The number of nitrogens with zero attached hydrogens (tertiary/aromatic N) is 3. The normalized spacial score (nSPS) is 26.7. The molecule has 0 aliphatic heterocycles. The van der Waals surface area contributed by atoms with Crippen LogP contribution < -0.4 is 0 Å². The number of ether oxygens (including phenoxy) is 1. The minimum Gasteiger partial charge on any atom is -0.393 e. The predicted molar refractivity (Wildman–Crippen MR) is 72.4 cm³/mol. The zero-order chi connectivity index (χ0) is 13.5. The molecule has 5 heteroatoms. The van der Waals surface area contributed by atoms with Crippen LogP contribution in [0, 0.1) is 5.92 Å². The first-order chi connectivity index (χ1) is 9.31. The predicted octanol–water partition coefficient (Wildman–Crippen LogP) is 3.04. The topological polar surface area (TPSA) is 78.2 Å². The van der Waals surface area contributed by atoms with E-state index in [-0.39, 0.29) is 12.0 Å². The van der Waals surface area contributed by atoms with Crippen LogP contribution in [0.5, 0.6) is 0 Å². The maximum Gasteiger partial charge on any atom is 0.0717 e. The Morgan fingerprint density at radius 3 is 2.84 bits per heavy atom. The van der Waals surface area contributed by atoms with E-state index in [0.29, 0.717) is 19.6 Å². The smallest absolute Gasteiger partial charge is 0.0717 e. The maximum absolute atomic E-state index is 9.87. The fraction of sp³-hybridized carbons (Fsp3) is 0.571. The molecule has 1 saturated carbocycles. The fourth-order valence-electron chi connectivity index (χ4n) is 2.56. The van der Waals surface area contributed by atoms with Crippen LogP contribution in [0.4, 0.5) is 0 Å². The average molecular weight is 261 g/mol. The number of hydrogen-bond donors (Lipinski definition) is 1. The Labute approximate surface area is 112 Å². The highest BCUT2D eigenvalue weighted by Crippen LogP contribution is 2.28. The summed E-state index contributed by atoms with van der Waals surface area (Å²) in [5.74, 6) is 0.114. The van der Waals surface area contributed by atoms with Crippen molar-refractivity contribution in [2.24, 2.45) is 11.0 Å². The van der Waals surface area contributed by atoms with Crippen molar-refractivity contribution in [1.82, 2.24) is 0 Å². The highest BCUT2D eigenvalue weighted by atomic mass is 16.5. The van der Waals surface area contributed by atoms with Crippen LogP contribution in [-0.2, 0) is 11.3 Å². The highest BCUT2D eigenvalue weighted by Gasteiger charge is 2.31. The first kappa shape index (κ1) is 13.9. The van der Waals surface area contributed by atoms with Gasteiger partial charge < -0.3 is 9.84 Å². The number of azide groups is 1. The first-order valence-corrected chi connectivity index (χ1v) is 6.65. The zero-order valence-corrected chi connectivity index (χ0v) is 10.9. The second kappa shape index (κ2) is 7.14. The van der Waals surface area contributed by atoms with Crippen molar-refractivity contribution < 1.29 is 9.84 Å². The second-order valence-corrected chi connectivity index (χ2v) is 4.95. The summed E-state index contributed by atoms with van der Waals surface area (Å²) in [6.45, 7) is 1.08. The van der Waals surface area contributed by atoms with E-state index in [9.17, 15) is 5.11 Å². The van der Waals surface area contributed by atoms with Gasteiger partial charge >= 0.3 is 0 Å². The number of aliphatic hydroxyl groups is 1. The monoisotopic (exact) mass is 261 g/mol. The van der Waals surface area contributed by atoms with E-state index in [4.69, 9.17) is 10.3 Å². The Hall–Kier alpha value is -1.55. The van der Waals surface area contributed by atoms with Crippen LogP contribution in [0.1, 0.15) is 24.8 Å². The van der Waals surface area contributed by atoms with E-state index in [1.54, 1.807) is 0 Å². The molecule has 19 heavy (non-hydrogen) atoms. The molecule has 1 aliphatic rings. The third kappa shape index (κ3) is 3.96. The van der Waals surface area contributed by atoms with E-state index >= 15 is 0 Å². The summed E-state index contributed by atoms with van der Waals surface area (Å²) in [6.07, 6.45) is 2.07.